The van der Waals surface area contributed by atoms with Gasteiger partial charge in [0.15, 0.2) is 0 Å². The van der Waals surface area contributed by atoms with Crippen LogP contribution in [0.25, 0.3) is 21.5 Å². The lowest BCUT2D eigenvalue weighted by Gasteiger charge is -2.24. The van der Waals surface area contributed by atoms with Crippen molar-refractivity contribution in [3.63, 3.8) is 0 Å². The minimum absolute atomic E-state index is 0. The topological polar surface area (TPSA) is 0 Å². The molecule has 0 aliphatic heterocycles. The van der Waals surface area contributed by atoms with Gasteiger partial charge in [-0.2, -0.15) is 0 Å². The highest BCUT2D eigenvalue weighted by Crippen LogP contribution is 2.36. The highest BCUT2D eigenvalue weighted by Gasteiger charge is 2.19. The van der Waals surface area contributed by atoms with Crippen molar-refractivity contribution >= 4 is 21.5 Å². The van der Waals surface area contributed by atoms with E-state index in [0.717, 1.165) is 0 Å². The fourth-order valence-electron chi connectivity index (χ4n) is 2.82. The van der Waals surface area contributed by atoms with E-state index in [0.29, 0.717) is 0 Å². The van der Waals surface area contributed by atoms with Crippen LogP contribution in [0.4, 0.5) is 0 Å². The fourth-order valence-corrected chi connectivity index (χ4v) is 2.82. The number of rotatable bonds is 0. The standard InChI is InChI=1S/C18H18.C3H8.2C2H6.CH4/c1-18(2,3)17-15-10-6-4-8-13(15)12-14-9-5-7-11-16(14)17;1-3-2;2*1-2;/h4-12H,1-3H3;3H2,1-2H3;2*1-2H3;1H4. The first kappa shape index (κ1) is 26.4. The average Bonchev–Trinajstić information content (AvgIpc) is 2.62. The van der Waals surface area contributed by atoms with Gasteiger partial charge in [-0.3, -0.25) is 0 Å². The van der Waals surface area contributed by atoms with Gasteiger partial charge in [0.2, 0.25) is 0 Å². The maximum atomic E-state index is 2.29. The summed E-state index contributed by atoms with van der Waals surface area (Å²) in [5.74, 6) is 0. The van der Waals surface area contributed by atoms with Crippen molar-refractivity contribution in [1.29, 1.82) is 0 Å². The van der Waals surface area contributed by atoms with Crippen LogP contribution in [-0.2, 0) is 5.41 Å². The Balaban J connectivity index is 0. The van der Waals surface area contributed by atoms with Crippen molar-refractivity contribution in [2.45, 2.75) is 81.6 Å². The first-order valence-electron chi connectivity index (χ1n) is 9.90. The van der Waals surface area contributed by atoms with Gasteiger partial charge in [0.25, 0.3) is 0 Å². The third kappa shape index (κ3) is 6.83. The second kappa shape index (κ2) is 13.4. The molecule has 26 heavy (non-hydrogen) atoms. The quantitative estimate of drug-likeness (QED) is 0.353. The van der Waals surface area contributed by atoms with Gasteiger partial charge in [-0.05, 0) is 38.6 Å². The molecule has 146 valence electrons. The summed E-state index contributed by atoms with van der Waals surface area (Å²) in [6, 6.07) is 19.7. The van der Waals surface area contributed by atoms with E-state index in [-0.39, 0.29) is 12.8 Å². The van der Waals surface area contributed by atoms with Crippen molar-refractivity contribution in [3.05, 3.63) is 60.2 Å². The molecule has 0 amide bonds. The summed E-state index contributed by atoms with van der Waals surface area (Å²) in [6.45, 7) is 19.1. The molecule has 3 rings (SSSR count). The lowest BCUT2D eigenvalue weighted by Crippen LogP contribution is -2.12. The van der Waals surface area contributed by atoms with Crippen molar-refractivity contribution in [1.82, 2.24) is 0 Å². The van der Waals surface area contributed by atoms with Crippen LogP contribution in [-0.4, -0.2) is 0 Å². The van der Waals surface area contributed by atoms with E-state index in [1.165, 1.54) is 33.5 Å². The molecule has 0 N–H and O–H groups in total. The Morgan fingerprint density at radius 3 is 1.27 bits per heavy atom. The van der Waals surface area contributed by atoms with Crippen LogP contribution in [0.5, 0.6) is 0 Å². The Morgan fingerprint density at radius 2 is 0.962 bits per heavy atom. The molecule has 3 aromatic rings. The van der Waals surface area contributed by atoms with Crippen molar-refractivity contribution in [2.24, 2.45) is 0 Å². The molecule has 0 aromatic heterocycles. The molecule has 0 saturated carbocycles. The molecule has 0 saturated heterocycles. The highest BCUT2D eigenvalue weighted by atomic mass is 14.2. The maximum absolute atomic E-state index is 2.29. The minimum atomic E-state index is 0. The van der Waals surface area contributed by atoms with E-state index in [1.807, 2.05) is 27.7 Å². The van der Waals surface area contributed by atoms with Gasteiger partial charge >= 0.3 is 0 Å². The molecule has 0 bridgehead atoms. The summed E-state index contributed by atoms with van der Waals surface area (Å²) < 4.78 is 0. The lowest BCUT2D eigenvalue weighted by molar-refractivity contribution is 0.601. The second-order valence-electron chi connectivity index (χ2n) is 6.65. The molecule has 0 radical (unpaired) electrons. The molecule has 0 aliphatic carbocycles. The third-order valence-corrected chi connectivity index (χ3v) is 3.52. The summed E-state index contributed by atoms with van der Waals surface area (Å²) in [5.41, 5.74) is 1.61. The fraction of sp³-hybridized carbons (Fsp3) is 0.462. The van der Waals surface area contributed by atoms with Gasteiger partial charge in [-0.1, -0.05) is 125 Å². The SMILES string of the molecule is C.CC.CC.CC(C)(C)c1c2ccccc2cc2ccccc12.CCC. The molecule has 3 aromatic carbocycles. The Kier molecular flexibility index (Phi) is 13.6. The molecule has 0 heteroatoms. The van der Waals surface area contributed by atoms with E-state index in [4.69, 9.17) is 0 Å². The van der Waals surface area contributed by atoms with Gasteiger partial charge in [-0.25, -0.2) is 0 Å². The second-order valence-corrected chi connectivity index (χ2v) is 6.65. The van der Waals surface area contributed by atoms with E-state index < -0.39 is 0 Å². The molecular weight excluding hydrogens is 312 g/mol. The van der Waals surface area contributed by atoms with E-state index in [9.17, 15) is 0 Å². The summed E-state index contributed by atoms with van der Waals surface area (Å²) >= 11 is 0. The van der Waals surface area contributed by atoms with Crippen LogP contribution >= 0.6 is 0 Å². The number of fused-ring (bicyclic) bond motifs is 2. The first-order valence-corrected chi connectivity index (χ1v) is 9.90. The first-order chi connectivity index (χ1) is 12.0. The molecule has 0 atom stereocenters. The molecule has 0 unspecified atom stereocenters. The van der Waals surface area contributed by atoms with Crippen LogP contribution in [0.1, 0.15) is 81.7 Å². The summed E-state index contributed by atoms with van der Waals surface area (Å²) in [5, 5.41) is 5.43. The number of benzene rings is 3. The van der Waals surface area contributed by atoms with Crippen LogP contribution in [0.3, 0.4) is 0 Å². The molecule has 0 heterocycles. The van der Waals surface area contributed by atoms with Crippen molar-refractivity contribution in [2.75, 3.05) is 0 Å². The predicted octanol–water partition coefficient (Wildman–Crippen LogP) is 9.40. The van der Waals surface area contributed by atoms with Crippen molar-refractivity contribution in [3.8, 4) is 0 Å². The molecule has 0 spiro atoms. The minimum Gasteiger partial charge on any atom is -0.0776 e. The Bertz CT molecular complexity index is 676. The van der Waals surface area contributed by atoms with Crippen LogP contribution < -0.4 is 0 Å². The summed E-state index contributed by atoms with van der Waals surface area (Å²) in [7, 11) is 0. The Morgan fingerprint density at radius 1 is 0.654 bits per heavy atom. The summed E-state index contributed by atoms with van der Waals surface area (Å²) in [6.07, 6.45) is 1.25. The van der Waals surface area contributed by atoms with Crippen LogP contribution in [0, 0.1) is 0 Å². The van der Waals surface area contributed by atoms with Crippen LogP contribution in [0.2, 0.25) is 0 Å². The van der Waals surface area contributed by atoms with E-state index >= 15 is 0 Å². The zero-order valence-corrected chi connectivity index (χ0v) is 17.9. The molecule has 0 fully saturated rings. The number of hydrogen-bond donors (Lipinski definition) is 0. The molecule has 0 aliphatic rings. The monoisotopic (exact) mass is 354 g/mol. The Labute approximate surface area is 163 Å². The average molecular weight is 355 g/mol. The van der Waals surface area contributed by atoms with Gasteiger partial charge in [-0.15, -0.1) is 0 Å². The third-order valence-electron chi connectivity index (χ3n) is 3.52. The van der Waals surface area contributed by atoms with Gasteiger partial charge in [0, 0.05) is 0 Å². The zero-order valence-electron chi connectivity index (χ0n) is 17.9. The highest BCUT2D eigenvalue weighted by molar-refractivity contribution is 6.03. The summed E-state index contributed by atoms with van der Waals surface area (Å²) in [4.78, 5) is 0. The van der Waals surface area contributed by atoms with Gasteiger partial charge < -0.3 is 0 Å². The van der Waals surface area contributed by atoms with Crippen molar-refractivity contribution < 1.29 is 0 Å². The number of hydrogen-bond acceptors (Lipinski definition) is 0. The zero-order chi connectivity index (χ0) is 19.5. The van der Waals surface area contributed by atoms with Gasteiger partial charge in [0.1, 0.15) is 0 Å². The van der Waals surface area contributed by atoms with Crippen LogP contribution in [0.15, 0.2) is 54.6 Å². The smallest absolute Gasteiger partial charge is 0.0120 e. The van der Waals surface area contributed by atoms with Gasteiger partial charge in [0.05, 0.1) is 0 Å². The van der Waals surface area contributed by atoms with E-state index in [2.05, 4.69) is 89.2 Å². The normalized spacial score (nSPS) is 9.58. The Hall–Kier alpha value is -1.82. The largest absolute Gasteiger partial charge is 0.0776 e. The maximum Gasteiger partial charge on any atom is -0.0120 e. The predicted molar refractivity (Wildman–Crippen MR) is 126 cm³/mol. The van der Waals surface area contributed by atoms with E-state index in [1.54, 1.807) is 0 Å². The molecular formula is C26H42. The molecule has 0 nitrogen and oxygen atoms in total. The lowest BCUT2D eigenvalue weighted by atomic mass is 9.80.